The van der Waals surface area contributed by atoms with Crippen LogP contribution in [-0.4, -0.2) is 40.9 Å². The first kappa shape index (κ1) is 17.2. The van der Waals surface area contributed by atoms with Gasteiger partial charge >= 0.3 is 5.97 Å². The molecule has 0 aromatic heterocycles. The van der Waals surface area contributed by atoms with Crippen molar-refractivity contribution in [1.82, 2.24) is 5.32 Å². The third-order valence-corrected chi connectivity index (χ3v) is 3.71. The quantitative estimate of drug-likeness (QED) is 0.363. The molecule has 124 valence electrons. The Hall–Kier alpha value is -2.19. The third kappa shape index (κ3) is 4.40. The van der Waals surface area contributed by atoms with Crippen molar-refractivity contribution >= 4 is 34.9 Å². The van der Waals surface area contributed by atoms with Gasteiger partial charge in [-0.1, -0.05) is 12.1 Å². The summed E-state index contributed by atoms with van der Waals surface area (Å²) in [5.74, 6) is -1.22. The molecule has 0 radical (unpaired) electrons. The maximum atomic E-state index is 12.0. The molecule has 1 heterocycles. The van der Waals surface area contributed by atoms with Gasteiger partial charge in [-0.25, -0.2) is 0 Å². The highest BCUT2D eigenvalue weighted by Gasteiger charge is 2.31. The molecule has 2 rings (SSSR count). The Morgan fingerprint density at radius 2 is 2.17 bits per heavy atom. The van der Waals surface area contributed by atoms with Crippen molar-refractivity contribution < 1.29 is 19.2 Å². The Bertz CT molecular complexity index is 624. The van der Waals surface area contributed by atoms with E-state index in [1.165, 1.54) is 25.1 Å². The number of halogens is 1. The zero-order valence-corrected chi connectivity index (χ0v) is 13.1. The number of rotatable bonds is 5. The standard InChI is InChI=1S/C14H16ClN3O5/c1-8(23-14(20)11-6-9(15)7-16-11)13(19)17-10-4-2-3-5-12(10)18(21)22/h2-5,8-9,11,16H,6-7H2,1H3,(H,17,19). The lowest BCUT2D eigenvalue weighted by Crippen LogP contribution is -2.38. The van der Waals surface area contributed by atoms with Crippen LogP contribution < -0.4 is 10.6 Å². The highest BCUT2D eigenvalue weighted by atomic mass is 35.5. The molecular weight excluding hydrogens is 326 g/mol. The molecule has 1 fully saturated rings. The van der Waals surface area contributed by atoms with Gasteiger partial charge in [0.25, 0.3) is 11.6 Å². The van der Waals surface area contributed by atoms with E-state index in [1.807, 2.05) is 0 Å². The number of carbonyl (C=O) groups excluding carboxylic acids is 2. The molecule has 9 heteroatoms. The minimum absolute atomic E-state index is 0.0465. The molecule has 3 atom stereocenters. The summed E-state index contributed by atoms with van der Waals surface area (Å²) >= 11 is 5.89. The van der Waals surface area contributed by atoms with E-state index < -0.39 is 28.9 Å². The van der Waals surface area contributed by atoms with Crippen molar-refractivity contribution in [2.24, 2.45) is 0 Å². The van der Waals surface area contributed by atoms with Crippen molar-refractivity contribution in [1.29, 1.82) is 0 Å². The predicted octanol–water partition coefficient (Wildman–Crippen LogP) is 1.43. The van der Waals surface area contributed by atoms with Crippen molar-refractivity contribution in [2.45, 2.75) is 30.9 Å². The van der Waals surface area contributed by atoms with Crippen LogP contribution in [-0.2, 0) is 14.3 Å². The first-order valence-corrected chi connectivity index (χ1v) is 7.44. The maximum absolute atomic E-state index is 12.0. The van der Waals surface area contributed by atoms with Crippen LogP contribution in [0.1, 0.15) is 13.3 Å². The predicted molar refractivity (Wildman–Crippen MR) is 83.3 cm³/mol. The van der Waals surface area contributed by atoms with E-state index in [0.717, 1.165) is 0 Å². The van der Waals surface area contributed by atoms with Crippen LogP contribution in [0.25, 0.3) is 0 Å². The SMILES string of the molecule is CC(OC(=O)C1CC(Cl)CN1)C(=O)Nc1ccccc1[N+](=O)[O-]. The molecule has 0 spiro atoms. The number of benzene rings is 1. The monoisotopic (exact) mass is 341 g/mol. The van der Waals surface area contributed by atoms with Gasteiger partial charge in [-0.05, 0) is 19.4 Å². The molecule has 0 saturated carbocycles. The zero-order chi connectivity index (χ0) is 17.0. The normalized spacial score (nSPS) is 21.5. The van der Waals surface area contributed by atoms with E-state index in [-0.39, 0.29) is 16.8 Å². The minimum atomic E-state index is -1.08. The molecule has 3 unspecified atom stereocenters. The number of esters is 1. The largest absolute Gasteiger partial charge is 0.451 e. The fraction of sp³-hybridized carbons (Fsp3) is 0.429. The van der Waals surface area contributed by atoms with Crippen LogP contribution in [0, 0.1) is 10.1 Å². The van der Waals surface area contributed by atoms with E-state index in [0.29, 0.717) is 13.0 Å². The lowest BCUT2D eigenvalue weighted by atomic mass is 10.2. The third-order valence-electron chi connectivity index (χ3n) is 3.38. The number of hydrogen-bond acceptors (Lipinski definition) is 6. The molecule has 1 saturated heterocycles. The second-order valence-electron chi connectivity index (χ2n) is 5.14. The Morgan fingerprint density at radius 3 is 2.78 bits per heavy atom. The molecule has 0 aliphatic carbocycles. The Kier molecular flexibility index (Phi) is 5.51. The van der Waals surface area contributed by atoms with Gasteiger partial charge < -0.3 is 15.4 Å². The summed E-state index contributed by atoms with van der Waals surface area (Å²) in [5, 5.41) is 16.0. The minimum Gasteiger partial charge on any atom is -0.451 e. The molecule has 8 nitrogen and oxygen atoms in total. The Morgan fingerprint density at radius 1 is 1.48 bits per heavy atom. The van der Waals surface area contributed by atoms with Crippen LogP contribution in [0.15, 0.2) is 24.3 Å². The van der Waals surface area contributed by atoms with Gasteiger partial charge in [0.15, 0.2) is 6.10 Å². The zero-order valence-electron chi connectivity index (χ0n) is 12.3. The van der Waals surface area contributed by atoms with Crippen LogP contribution in [0.2, 0.25) is 0 Å². The van der Waals surface area contributed by atoms with E-state index in [2.05, 4.69) is 10.6 Å². The summed E-state index contributed by atoms with van der Waals surface area (Å²) in [7, 11) is 0. The number of ether oxygens (including phenoxy) is 1. The molecule has 1 aliphatic rings. The van der Waals surface area contributed by atoms with Crippen LogP contribution >= 0.6 is 11.6 Å². The summed E-state index contributed by atoms with van der Waals surface area (Å²) in [6.07, 6.45) is -0.655. The summed E-state index contributed by atoms with van der Waals surface area (Å²) in [5.41, 5.74) is -0.188. The average Bonchev–Trinajstić information content (AvgIpc) is 2.94. The molecule has 1 aliphatic heterocycles. The smallest absolute Gasteiger partial charge is 0.323 e. The van der Waals surface area contributed by atoms with E-state index >= 15 is 0 Å². The number of para-hydroxylation sites is 2. The number of amides is 1. The molecule has 1 aromatic carbocycles. The summed E-state index contributed by atoms with van der Waals surface area (Å²) in [6, 6.07) is 5.18. The van der Waals surface area contributed by atoms with Crippen LogP contribution in [0.3, 0.4) is 0 Å². The number of hydrogen-bond donors (Lipinski definition) is 2. The second-order valence-corrected chi connectivity index (χ2v) is 5.75. The number of carbonyl (C=O) groups is 2. The first-order chi connectivity index (χ1) is 10.9. The van der Waals surface area contributed by atoms with Crippen molar-refractivity contribution in [3.63, 3.8) is 0 Å². The fourth-order valence-electron chi connectivity index (χ4n) is 2.15. The summed E-state index contributed by atoms with van der Waals surface area (Å²) < 4.78 is 5.07. The molecule has 23 heavy (non-hydrogen) atoms. The van der Waals surface area contributed by atoms with Crippen LogP contribution in [0.5, 0.6) is 0 Å². The number of nitro benzene ring substituents is 1. The van der Waals surface area contributed by atoms with Crippen molar-refractivity contribution in [3.05, 3.63) is 34.4 Å². The van der Waals surface area contributed by atoms with E-state index in [9.17, 15) is 19.7 Å². The van der Waals surface area contributed by atoms with Gasteiger partial charge in [0, 0.05) is 18.0 Å². The number of alkyl halides is 1. The first-order valence-electron chi connectivity index (χ1n) is 7.00. The maximum Gasteiger partial charge on any atom is 0.323 e. The number of nitrogens with one attached hydrogen (secondary N) is 2. The second kappa shape index (κ2) is 7.38. The number of nitro groups is 1. The van der Waals surface area contributed by atoms with Gasteiger partial charge in [0.1, 0.15) is 11.7 Å². The van der Waals surface area contributed by atoms with Gasteiger partial charge in [-0.15, -0.1) is 11.6 Å². The fourth-order valence-corrected chi connectivity index (χ4v) is 2.42. The highest BCUT2D eigenvalue weighted by molar-refractivity contribution is 6.21. The van der Waals surface area contributed by atoms with Gasteiger partial charge in [0.2, 0.25) is 0 Å². The molecular formula is C14H16ClN3O5. The van der Waals surface area contributed by atoms with E-state index in [4.69, 9.17) is 16.3 Å². The van der Waals surface area contributed by atoms with Crippen molar-refractivity contribution in [2.75, 3.05) is 11.9 Å². The molecule has 0 bridgehead atoms. The lowest BCUT2D eigenvalue weighted by Gasteiger charge is -2.16. The van der Waals surface area contributed by atoms with Crippen LogP contribution in [0.4, 0.5) is 11.4 Å². The molecule has 1 amide bonds. The van der Waals surface area contributed by atoms with Gasteiger partial charge in [-0.3, -0.25) is 19.7 Å². The average molecular weight is 342 g/mol. The summed E-state index contributed by atoms with van der Waals surface area (Å²) in [6.45, 7) is 1.90. The Balaban J connectivity index is 1.95. The lowest BCUT2D eigenvalue weighted by molar-refractivity contribution is -0.383. The topological polar surface area (TPSA) is 111 Å². The van der Waals surface area contributed by atoms with Crippen molar-refractivity contribution in [3.8, 4) is 0 Å². The van der Waals surface area contributed by atoms with E-state index in [1.54, 1.807) is 6.07 Å². The van der Waals surface area contributed by atoms with Gasteiger partial charge in [-0.2, -0.15) is 0 Å². The number of nitrogens with zero attached hydrogens (tertiary/aromatic N) is 1. The Labute approximate surface area is 137 Å². The summed E-state index contributed by atoms with van der Waals surface area (Å²) in [4.78, 5) is 34.2. The van der Waals surface area contributed by atoms with Gasteiger partial charge in [0.05, 0.1) is 4.92 Å². The molecule has 2 N–H and O–H groups in total. The highest BCUT2D eigenvalue weighted by Crippen LogP contribution is 2.23. The number of anilines is 1. The molecule has 1 aromatic rings.